The molecule has 128 valence electrons. The Bertz CT molecular complexity index is 906. The molecule has 2 heterocycles. The van der Waals surface area contributed by atoms with Crippen molar-refractivity contribution in [1.29, 1.82) is 0 Å². The number of aromatic nitrogens is 3. The van der Waals surface area contributed by atoms with Crippen LogP contribution in [0.25, 0.3) is 0 Å². The number of benzene rings is 1. The molecule has 1 aromatic carbocycles. The first kappa shape index (κ1) is 16.0. The van der Waals surface area contributed by atoms with E-state index in [1.54, 1.807) is 7.11 Å². The van der Waals surface area contributed by atoms with Gasteiger partial charge in [0.25, 0.3) is 0 Å². The molecule has 5 nitrogen and oxygen atoms in total. The van der Waals surface area contributed by atoms with E-state index in [2.05, 4.69) is 27.1 Å². The smallest absolute Gasteiger partial charge is 0.197 e. The van der Waals surface area contributed by atoms with Crippen LogP contribution in [0.2, 0.25) is 5.15 Å². The summed E-state index contributed by atoms with van der Waals surface area (Å²) in [6, 6.07) is 10.1. The number of hydrogen-bond donors (Lipinski definition) is 2. The highest BCUT2D eigenvalue weighted by Gasteiger charge is 2.42. The second kappa shape index (κ2) is 6.08. The summed E-state index contributed by atoms with van der Waals surface area (Å²) in [7, 11) is 1.69. The molecule has 4 rings (SSSR count). The third-order valence-electron chi connectivity index (χ3n) is 5.03. The minimum atomic E-state index is -0.231. The van der Waals surface area contributed by atoms with Gasteiger partial charge in [-0.05, 0) is 54.2 Å². The first-order valence-electron chi connectivity index (χ1n) is 8.20. The normalized spacial score (nSPS) is 19.0. The molecule has 3 N–H and O–H groups in total. The van der Waals surface area contributed by atoms with Crippen molar-refractivity contribution in [2.24, 2.45) is 0 Å². The Balaban J connectivity index is 1.83. The zero-order valence-electron chi connectivity index (χ0n) is 13.9. The summed E-state index contributed by atoms with van der Waals surface area (Å²) in [6.45, 7) is 0. The van der Waals surface area contributed by atoms with E-state index in [4.69, 9.17) is 22.1 Å². The zero-order valence-corrected chi connectivity index (χ0v) is 14.7. The summed E-state index contributed by atoms with van der Waals surface area (Å²) in [5.74, 6) is 1.31. The van der Waals surface area contributed by atoms with Gasteiger partial charge in [-0.15, -0.1) is 0 Å². The van der Waals surface area contributed by atoms with Gasteiger partial charge in [-0.25, -0.2) is 9.97 Å². The highest BCUT2D eigenvalue weighted by molar-refractivity contribution is 6.29. The SMILES string of the molecule is COc1ccc2c(c1)CCC2(Cc1ccc(Cl)nc1)c1c[nH]c(N)n1. The average Bonchev–Trinajstić information content (AvgIpc) is 3.21. The number of aryl methyl sites for hydroxylation is 1. The van der Waals surface area contributed by atoms with Crippen molar-refractivity contribution in [1.82, 2.24) is 15.0 Å². The van der Waals surface area contributed by atoms with Gasteiger partial charge in [0, 0.05) is 17.8 Å². The highest BCUT2D eigenvalue weighted by Crippen LogP contribution is 2.46. The van der Waals surface area contributed by atoms with Crippen LogP contribution in [0.1, 0.15) is 28.8 Å². The second-order valence-corrected chi connectivity index (χ2v) is 6.83. The third-order valence-corrected chi connectivity index (χ3v) is 5.26. The monoisotopic (exact) mass is 354 g/mol. The summed E-state index contributed by atoms with van der Waals surface area (Å²) in [5.41, 5.74) is 10.3. The molecular weight excluding hydrogens is 336 g/mol. The molecule has 2 aromatic heterocycles. The van der Waals surface area contributed by atoms with Crippen LogP contribution < -0.4 is 10.5 Å². The zero-order chi connectivity index (χ0) is 17.4. The molecule has 0 aliphatic heterocycles. The molecule has 0 bridgehead atoms. The molecule has 0 fully saturated rings. The maximum Gasteiger partial charge on any atom is 0.197 e. The van der Waals surface area contributed by atoms with Gasteiger partial charge in [-0.3, -0.25) is 0 Å². The molecule has 3 aromatic rings. The van der Waals surface area contributed by atoms with Gasteiger partial charge in [0.05, 0.1) is 12.8 Å². The van der Waals surface area contributed by atoms with E-state index < -0.39 is 0 Å². The first-order valence-corrected chi connectivity index (χ1v) is 8.58. The average molecular weight is 355 g/mol. The van der Waals surface area contributed by atoms with Crippen LogP contribution in [0.4, 0.5) is 5.95 Å². The Morgan fingerprint density at radius 1 is 1.32 bits per heavy atom. The molecule has 0 saturated heterocycles. The van der Waals surface area contributed by atoms with Crippen LogP contribution in [-0.2, 0) is 18.3 Å². The third kappa shape index (κ3) is 2.74. The van der Waals surface area contributed by atoms with E-state index in [-0.39, 0.29) is 5.41 Å². The number of aromatic amines is 1. The van der Waals surface area contributed by atoms with Gasteiger partial charge in [0.1, 0.15) is 10.9 Å². The Kier molecular flexibility index (Phi) is 3.88. The number of nitrogens with one attached hydrogen (secondary N) is 1. The van der Waals surface area contributed by atoms with Gasteiger partial charge >= 0.3 is 0 Å². The first-order chi connectivity index (χ1) is 12.1. The molecule has 0 radical (unpaired) electrons. The molecular formula is C19H19ClN4O. The van der Waals surface area contributed by atoms with Crippen LogP contribution >= 0.6 is 11.6 Å². The fraction of sp³-hybridized carbons (Fsp3) is 0.263. The Labute approximate surface area is 151 Å². The van der Waals surface area contributed by atoms with E-state index in [1.165, 1.54) is 11.1 Å². The lowest BCUT2D eigenvalue weighted by atomic mass is 9.74. The quantitative estimate of drug-likeness (QED) is 0.703. The number of rotatable bonds is 4. The van der Waals surface area contributed by atoms with E-state index in [1.807, 2.05) is 30.6 Å². The number of nitrogen functional groups attached to an aromatic ring is 1. The number of nitrogens with two attached hydrogens (primary N) is 1. The predicted octanol–water partition coefficient (Wildman–Crippen LogP) is 3.52. The largest absolute Gasteiger partial charge is 0.497 e. The Morgan fingerprint density at radius 2 is 2.20 bits per heavy atom. The van der Waals surface area contributed by atoms with Gasteiger partial charge in [0.2, 0.25) is 0 Å². The van der Waals surface area contributed by atoms with Crippen molar-refractivity contribution in [3.63, 3.8) is 0 Å². The molecule has 6 heteroatoms. The van der Waals surface area contributed by atoms with Crippen LogP contribution in [0, 0.1) is 0 Å². The summed E-state index contributed by atoms with van der Waals surface area (Å²) >= 11 is 5.94. The number of nitrogens with zero attached hydrogens (tertiary/aromatic N) is 2. The predicted molar refractivity (Wildman–Crippen MR) is 98.0 cm³/mol. The maximum atomic E-state index is 5.94. The molecule has 1 atom stereocenters. The molecule has 1 unspecified atom stereocenters. The minimum absolute atomic E-state index is 0.231. The van der Waals surface area contributed by atoms with Crippen LogP contribution in [0.15, 0.2) is 42.7 Å². The van der Waals surface area contributed by atoms with Gasteiger partial charge < -0.3 is 15.5 Å². The van der Waals surface area contributed by atoms with Crippen molar-refractivity contribution in [3.05, 3.63) is 70.3 Å². The summed E-state index contributed by atoms with van der Waals surface area (Å²) in [5, 5.41) is 0.498. The van der Waals surface area contributed by atoms with Crippen LogP contribution in [0.3, 0.4) is 0 Å². The van der Waals surface area contributed by atoms with Crippen molar-refractivity contribution in [2.45, 2.75) is 24.7 Å². The lowest BCUT2D eigenvalue weighted by Crippen LogP contribution is -2.28. The number of ether oxygens (including phenoxy) is 1. The summed E-state index contributed by atoms with van der Waals surface area (Å²) in [6.07, 6.45) is 6.48. The van der Waals surface area contributed by atoms with Gasteiger partial charge in [0.15, 0.2) is 5.95 Å². The molecule has 25 heavy (non-hydrogen) atoms. The van der Waals surface area contributed by atoms with Crippen molar-refractivity contribution < 1.29 is 4.74 Å². The number of halogens is 1. The second-order valence-electron chi connectivity index (χ2n) is 6.44. The summed E-state index contributed by atoms with van der Waals surface area (Å²) in [4.78, 5) is 11.8. The molecule has 1 aliphatic rings. The van der Waals surface area contributed by atoms with E-state index in [9.17, 15) is 0 Å². The van der Waals surface area contributed by atoms with Crippen molar-refractivity contribution in [3.8, 4) is 5.75 Å². The van der Waals surface area contributed by atoms with Gasteiger partial charge in [-0.1, -0.05) is 23.7 Å². The standard InChI is InChI=1S/C19H19ClN4O/c1-25-14-3-4-15-13(8-14)6-7-19(15,16-11-23-18(21)24-16)9-12-2-5-17(20)22-10-12/h2-5,8,10-11H,6-7,9H2,1H3,(H3,21,23,24). The van der Waals surface area contributed by atoms with E-state index in [0.717, 1.165) is 36.3 Å². The molecule has 0 spiro atoms. The minimum Gasteiger partial charge on any atom is -0.497 e. The van der Waals surface area contributed by atoms with Gasteiger partial charge in [-0.2, -0.15) is 0 Å². The topological polar surface area (TPSA) is 76.8 Å². The van der Waals surface area contributed by atoms with Crippen molar-refractivity contribution >= 4 is 17.5 Å². The van der Waals surface area contributed by atoms with E-state index >= 15 is 0 Å². The number of imidazole rings is 1. The number of hydrogen-bond acceptors (Lipinski definition) is 4. The Morgan fingerprint density at radius 3 is 2.88 bits per heavy atom. The fourth-order valence-corrected chi connectivity index (χ4v) is 3.95. The lowest BCUT2D eigenvalue weighted by Gasteiger charge is -2.29. The Hall–Kier alpha value is -2.53. The summed E-state index contributed by atoms with van der Waals surface area (Å²) < 4.78 is 5.38. The maximum absolute atomic E-state index is 5.94. The number of methoxy groups -OCH3 is 1. The number of H-pyrrole nitrogens is 1. The molecule has 0 saturated carbocycles. The highest BCUT2D eigenvalue weighted by atomic mass is 35.5. The molecule has 1 aliphatic carbocycles. The number of anilines is 1. The fourth-order valence-electron chi connectivity index (χ4n) is 3.83. The lowest BCUT2D eigenvalue weighted by molar-refractivity contribution is 0.414. The van der Waals surface area contributed by atoms with Crippen LogP contribution in [0.5, 0.6) is 5.75 Å². The van der Waals surface area contributed by atoms with E-state index in [0.29, 0.717) is 11.1 Å². The molecule has 0 amide bonds. The van der Waals surface area contributed by atoms with Crippen LogP contribution in [-0.4, -0.2) is 22.1 Å². The number of fused-ring (bicyclic) bond motifs is 1. The number of pyridine rings is 1. The van der Waals surface area contributed by atoms with Crippen molar-refractivity contribution in [2.75, 3.05) is 12.8 Å².